The molecule has 0 saturated carbocycles. The molecule has 0 aliphatic heterocycles. The zero-order chi connectivity index (χ0) is 9.10. The molecule has 2 rings (SSSR count). The fourth-order valence-electron chi connectivity index (χ4n) is 1.54. The Kier molecular flexibility index (Phi) is 2.51. The summed E-state index contributed by atoms with van der Waals surface area (Å²) in [5.41, 5.74) is 1.34. The van der Waals surface area contributed by atoms with Crippen LogP contribution < -0.4 is 0 Å². The van der Waals surface area contributed by atoms with Gasteiger partial charge in [0.2, 0.25) is 0 Å². The van der Waals surface area contributed by atoms with Crippen molar-refractivity contribution in [2.75, 3.05) is 0 Å². The summed E-state index contributed by atoms with van der Waals surface area (Å²) in [6.07, 6.45) is 9.70. The van der Waals surface area contributed by atoms with Crippen molar-refractivity contribution < 1.29 is 0 Å². The molecule has 0 bridgehead atoms. The quantitative estimate of drug-likeness (QED) is 0.629. The summed E-state index contributed by atoms with van der Waals surface area (Å²) < 4.78 is 0. The van der Waals surface area contributed by atoms with Crippen LogP contribution in [0.5, 0.6) is 0 Å². The monoisotopic (exact) mass is 190 g/mol. The summed E-state index contributed by atoms with van der Waals surface area (Å²) in [6, 6.07) is 8.08. The lowest BCUT2D eigenvalue weighted by Crippen LogP contribution is -1.95. The Morgan fingerprint density at radius 1 is 1.08 bits per heavy atom. The summed E-state index contributed by atoms with van der Waals surface area (Å²) in [7, 11) is 0. The van der Waals surface area contributed by atoms with E-state index >= 15 is 0 Å². The molecule has 0 unspecified atom stereocenters. The highest BCUT2D eigenvalue weighted by atomic mass is 35.5. The van der Waals surface area contributed by atoms with Gasteiger partial charge in [-0.25, -0.2) is 0 Å². The molecule has 1 aromatic carbocycles. The normalized spacial score (nSPS) is 20.5. The van der Waals surface area contributed by atoms with Gasteiger partial charge in [0.15, 0.2) is 0 Å². The Balaban J connectivity index is 2.21. The molecule has 66 valence electrons. The van der Waals surface area contributed by atoms with Crippen LogP contribution in [0.25, 0.3) is 0 Å². The van der Waals surface area contributed by atoms with E-state index in [0.29, 0.717) is 5.92 Å². The van der Waals surface area contributed by atoms with E-state index in [1.165, 1.54) is 5.56 Å². The minimum Gasteiger partial charge on any atom is -0.0843 e. The first-order valence-electron chi connectivity index (χ1n) is 4.45. The average molecular weight is 191 g/mol. The van der Waals surface area contributed by atoms with Crippen molar-refractivity contribution in [1.29, 1.82) is 0 Å². The standard InChI is InChI=1S/C12H11Cl/c13-12-8-6-11(7-9-12)10-4-2-1-3-5-10/h1-4,6-10H,5H2/t10-/m0/s1. The Bertz CT molecular complexity index is 333. The van der Waals surface area contributed by atoms with Crippen molar-refractivity contribution in [2.24, 2.45) is 0 Å². The first-order valence-corrected chi connectivity index (χ1v) is 4.83. The van der Waals surface area contributed by atoms with Crippen molar-refractivity contribution in [3.05, 3.63) is 59.2 Å². The van der Waals surface area contributed by atoms with E-state index < -0.39 is 0 Å². The van der Waals surface area contributed by atoms with Crippen LogP contribution >= 0.6 is 11.6 Å². The molecule has 1 aliphatic carbocycles. The summed E-state index contributed by atoms with van der Waals surface area (Å²) >= 11 is 5.82. The first kappa shape index (κ1) is 8.58. The summed E-state index contributed by atoms with van der Waals surface area (Å²) in [4.78, 5) is 0. The molecule has 0 N–H and O–H groups in total. The Morgan fingerprint density at radius 2 is 1.85 bits per heavy atom. The van der Waals surface area contributed by atoms with E-state index in [-0.39, 0.29) is 0 Å². The van der Waals surface area contributed by atoms with Crippen molar-refractivity contribution in [3.63, 3.8) is 0 Å². The zero-order valence-corrected chi connectivity index (χ0v) is 8.04. The van der Waals surface area contributed by atoms with Gasteiger partial charge in [0.1, 0.15) is 0 Å². The second-order valence-electron chi connectivity index (χ2n) is 3.21. The average Bonchev–Trinajstić information content (AvgIpc) is 2.20. The van der Waals surface area contributed by atoms with Crippen LogP contribution in [0.3, 0.4) is 0 Å². The van der Waals surface area contributed by atoms with Gasteiger partial charge in [0.05, 0.1) is 0 Å². The van der Waals surface area contributed by atoms with E-state index in [4.69, 9.17) is 11.6 Å². The molecule has 0 amide bonds. The number of allylic oxidation sites excluding steroid dienone is 4. The molecule has 0 radical (unpaired) electrons. The van der Waals surface area contributed by atoms with Gasteiger partial charge in [0, 0.05) is 10.9 Å². The van der Waals surface area contributed by atoms with Crippen LogP contribution in [0.15, 0.2) is 48.6 Å². The predicted octanol–water partition coefficient (Wildman–Crippen LogP) is 3.94. The molecule has 1 heteroatoms. The zero-order valence-electron chi connectivity index (χ0n) is 7.28. The van der Waals surface area contributed by atoms with Crippen LogP contribution in [-0.4, -0.2) is 0 Å². The lowest BCUT2D eigenvalue weighted by Gasteiger charge is -2.12. The molecule has 0 saturated heterocycles. The smallest absolute Gasteiger partial charge is 0.0406 e. The first-order chi connectivity index (χ1) is 6.36. The summed E-state index contributed by atoms with van der Waals surface area (Å²) in [5, 5.41) is 0.805. The molecular weight excluding hydrogens is 180 g/mol. The topological polar surface area (TPSA) is 0 Å². The van der Waals surface area contributed by atoms with Crippen molar-refractivity contribution in [3.8, 4) is 0 Å². The Morgan fingerprint density at radius 3 is 2.46 bits per heavy atom. The lowest BCUT2D eigenvalue weighted by atomic mass is 9.93. The molecule has 13 heavy (non-hydrogen) atoms. The van der Waals surface area contributed by atoms with Crippen LogP contribution in [0.2, 0.25) is 5.02 Å². The summed E-state index contributed by atoms with van der Waals surface area (Å²) in [5.74, 6) is 0.530. The molecule has 0 aromatic heterocycles. The molecule has 0 fully saturated rings. The third kappa shape index (κ3) is 2.02. The number of hydrogen-bond donors (Lipinski definition) is 0. The van der Waals surface area contributed by atoms with Crippen molar-refractivity contribution >= 4 is 11.6 Å². The fraction of sp³-hybridized carbons (Fsp3) is 0.167. The lowest BCUT2D eigenvalue weighted by molar-refractivity contribution is 0.854. The maximum Gasteiger partial charge on any atom is 0.0406 e. The Hall–Kier alpha value is -1.01. The molecule has 0 nitrogen and oxygen atoms in total. The van der Waals surface area contributed by atoms with E-state index in [1.54, 1.807) is 0 Å². The number of benzene rings is 1. The second kappa shape index (κ2) is 3.80. The third-order valence-electron chi connectivity index (χ3n) is 2.28. The SMILES string of the molecule is Clc1ccc([C@H]2C=CC=CC2)cc1. The van der Waals surface area contributed by atoms with Crippen LogP contribution in [0, 0.1) is 0 Å². The van der Waals surface area contributed by atoms with E-state index in [9.17, 15) is 0 Å². The number of hydrogen-bond acceptors (Lipinski definition) is 0. The van der Waals surface area contributed by atoms with Crippen LogP contribution in [-0.2, 0) is 0 Å². The maximum absolute atomic E-state index is 5.82. The minimum atomic E-state index is 0.530. The second-order valence-corrected chi connectivity index (χ2v) is 3.64. The third-order valence-corrected chi connectivity index (χ3v) is 2.53. The van der Waals surface area contributed by atoms with Gasteiger partial charge >= 0.3 is 0 Å². The minimum absolute atomic E-state index is 0.530. The van der Waals surface area contributed by atoms with Gasteiger partial charge in [0.25, 0.3) is 0 Å². The van der Waals surface area contributed by atoms with E-state index in [0.717, 1.165) is 11.4 Å². The van der Waals surface area contributed by atoms with Gasteiger partial charge < -0.3 is 0 Å². The molecule has 1 atom stereocenters. The van der Waals surface area contributed by atoms with Crippen molar-refractivity contribution in [1.82, 2.24) is 0 Å². The molecular formula is C12H11Cl. The highest BCUT2D eigenvalue weighted by molar-refractivity contribution is 6.30. The summed E-state index contributed by atoms with van der Waals surface area (Å²) in [6.45, 7) is 0. The molecule has 1 aliphatic rings. The van der Waals surface area contributed by atoms with Crippen LogP contribution in [0.1, 0.15) is 17.9 Å². The van der Waals surface area contributed by atoms with Crippen molar-refractivity contribution in [2.45, 2.75) is 12.3 Å². The van der Waals surface area contributed by atoms with Gasteiger partial charge in [-0.05, 0) is 24.1 Å². The van der Waals surface area contributed by atoms with Gasteiger partial charge in [-0.1, -0.05) is 48.0 Å². The van der Waals surface area contributed by atoms with Gasteiger partial charge in [-0.3, -0.25) is 0 Å². The fourth-order valence-corrected chi connectivity index (χ4v) is 1.66. The van der Waals surface area contributed by atoms with Crippen LogP contribution in [0.4, 0.5) is 0 Å². The van der Waals surface area contributed by atoms with E-state index in [2.05, 4.69) is 36.4 Å². The number of rotatable bonds is 1. The highest BCUT2D eigenvalue weighted by Gasteiger charge is 2.07. The largest absolute Gasteiger partial charge is 0.0843 e. The highest BCUT2D eigenvalue weighted by Crippen LogP contribution is 2.25. The van der Waals surface area contributed by atoms with Gasteiger partial charge in [-0.2, -0.15) is 0 Å². The molecule has 0 heterocycles. The predicted molar refractivity (Wildman–Crippen MR) is 57.1 cm³/mol. The van der Waals surface area contributed by atoms with E-state index in [1.807, 2.05) is 12.1 Å². The molecule has 1 aromatic rings. The Labute approximate surface area is 83.5 Å². The maximum atomic E-state index is 5.82. The number of halogens is 1. The van der Waals surface area contributed by atoms with Gasteiger partial charge in [-0.15, -0.1) is 0 Å². The molecule has 0 spiro atoms.